The Hall–Kier alpha value is -2.64. The molecule has 0 fully saturated rings. The van der Waals surface area contributed by atoms with E-state index in [4.69, 9.17) is 33.3 Å². The average molecular weight is 351 g/mol. The van der Waals surface area contributed by atoms with Crippen molar-refractivity contribution >= 4 is 52.6 Å². The highest BCUT2D eigenvalue weighted by Crippen LogP contribution is 2.20. The van der Waals surface area contributed by atoms with Gasteiger partial charge in [-0.05, 0) is 48.6 Å². The van der Waals surface area contributed by atoms with Gasteiger partial charge in [-0.25, -0.2) is 4.79 Å². The van der Waals surface area contributed by atoms with Crippen LogP contribution < -0.4 is 10.6 Å². The molecule has 0 aliphatic carbocycles. The van der Waals surface area contributed by atoms with Gasteiger partial charge in [0.05, 0.1) is 17.5 Å². The van der Waals surface area contributed by atoms with Crippen LogP contribution in [0.3, 0.4) is 0 Å². The molecule has 23 heavy (non-hydrogen) atoms. The zero-order valence-electron chi connectivity index (χ0n) is 11.6. The highest BCUT2D eigenvalue weighted by atomic mass is 35.5. The number of benzene rings is 1. The van der Waals surface area contributed by atoms with Crippen LogP contribution in [0.4, 0.5) is 5.69 Å². The van der Waals surface area contributed by atoms with Crippen molar-refractivity contribution in [3.8, 4) is 0 Å². The van der Waals surface area contributed by atoms with E-state index < -0.39 is 11.9 Å². The van der Waals surface area contributed by atoms with E-state index in [0.717, 1.165) is 0 Å². The van der Waals surface area contributed by atoms with E-state index in [1.54, 1.807) is 12.1 Å². The van der Waals surface area contributed by atoms with Gasteiger partial charge in [0.1, 0.15) is 5.76 Å². The van der Waals surface area contributed by atoms with Gasteiger partial charge in [0, 0.05) is 11.1 Å². The number of aromatic carboxylic acids is 1. The zero-order chi connectivity index (χ0) is 16.8. The first-order valence-electron chi connectivity index (χ1n) is 6.32. The first kappa shape index (κ1) is 16.7. The second-order valence-corrected chi connectivity index (χ2v) is 5.13. The van der Waals surface area contributed by atoms with Crippen LogP contribution in [-0.4, -0.2) is 22.1 Å². The van der Waals surface area contributed by atoms with Gasteiger partial charge >= 0.3 is 5.97 Å². The highest BCUT2D eigenvalue weighted by Gasteiger charge is 2.12. The Morgan fingerprint density at radius 2 is 2.09 bits per heavy atom. The minimum atomic E-state index is -1.16. The van der Waals surface area contributed by atoms with Crippen LogP contribution in [0.15, 0.2) is 47.1 Å². The molecule has 2 rings (SSSR count). The lowest BCUT2D eigenvalue weighted by Gasteiger charge is -2.11. The van der Waals surface area contributed by atoms with Crippen LogP contribution in [-0.2, 0) is 4.79 Å². The Bertz CT molecular complexity index is 772. The Kier molecular flexibility index (Phi) is 5.51. The molecule has 1 aromatic carbocycles. The molecule has 2 aromatic rings. The molecule has 0 radical (unpaired) electrons. The number of rotatable bonds is 4. The summed E-state index contributed by atoms with van der Waals surface area (Å²) in [4.78, 5) is 22.9. The van der Waals surface area contributed by atoms with Gasteiger partial charge in [-0.2, -0.15) is 0 Å². The molecule has 0 bridgehead atoms. The third-order valence-electron chi connectivity index (χ3n) is 2.64. The Morgan fingerprint density at radius 3 is 2.74 bits per heavy atom. The smallest absolute Gasteiger partial charge is 0.337 e. The normalized spacial score (nSPS) is 10.5. The quantitative estimate of drug-likeness (QED) is 0.579. The lowest BCUT2D eigenvalue weighted by atomic mass is 10.2. The number of carboxylic acids is 1. The molecule has 0 saturated heterocycles. The fourth-order valence-corrected chi connectivity index (χ4v) is 2.04. The number of amides is 1. The summed E-state index contributed by atoms with van der Waals surface area (Å²) < 4.78 is 5.04. The number of carboxylic acid groups (broad SMARTS) is 1. The number of thiocarbonyl (C=S) groups is 1. The molecule has 1 heterocycles. The molecule has 8 heteroatoms. The molecule has 0 atom stereocenters. The summed E-state index contributed by atoms with van der Waals surface area (Å²) in [5, 5.41) is 14.4. The van der Waals surface area contributed by atoms with E-state index >= 15 is 0 Å². The number of carbonyl (C=O) groups excluding carboxylic acids is 1. The molecule has 0 spiro atoms. The van der Waals surface area contributed by atoms with Crippen molar-refractivity contribution in [2.75, 3.05) is 5.32 Å². The second-order valence-electron chi connectivity index (χ2n) is 4.29. The van der Waals surface area contributed by atoms with Crippen molar-refractivity contribution in [3.63, 3.8) is 0 Å². The van der Waals surface area contributed by atoms with Gasteiger partial charge in [-0.1, -0.05) is 11.6 Å². The maximum absolute atomic E-state index is 11.7. The van der Waals surface area contributed by atoms with Crippen molar-refractivity contribution < 1.29 is 19.1 Å². The monoisotopic (exact) mass is 350 g/mol. The van der Waals surface area contributed by atoms with Gasteiger partial charge in [0.25, 0.3) is 0 Å². The standard InChI is InChI=1S/C15H11ClN2O4S/c16-9-3-5-12(11(8-9)14(20)21)17-15(23)18-13(19)6-4-10-2-1-7-22-10/h1-8H,(H,20,21)(H2,17,18,19,23). The van der Waals surface area contributed by atoms with E-state index in [1.807, 2.05) is 0 Å². The lowest BCUT2D eigenvalue weighted by Crippen LogP contribution is -2.33. The number of hydrogen-bond acceptors (Lipinski definition) is 4. The number of halogens is 1. The minimum Gasteiger partial charge on any atom is -0.478 e. The summed E-state index contributed by atoms with van der Waals surface area (Å²) in [6, 6.07) is 7.64. The molecule has 0 unspecified atom stereocenters. The van der Waals surface area contributed by atoms with Crippen LogP contribution in [0.1, 0.15) is 16.1 Å². The van der Waals surface area contributed by atoms with E-state index in [2.05, 4.69) is 10.6 Å². The summed E-state index contributed by atoms with van der Waals surface area (Å²) >= 11 is 10.7. The van der Waals surface area contributed by atoms with Gasteiger partial charge in [-0.15, -0.1) is 0 Å². The fourth-order valence-electron chi connectivity index (χ4n) is 1.65. The summed E-state index contributed by atoms with van der Waals surface area (Å²) in [5.74, 6) is -1.13. The van der Waals surface area contributed by atoms with Gasteiger partial charge in [-0.3, -0.25) is 10.1 Å². The van der Waals surface area contributed by atoms with Crippen LogP contribution >= 0.6 is 23.8 Å². The van der Waals surface area contributed by atoms with E-state index in [0.29, 0.717) is 5.76 Å². The van der Waals surface area contributed by atoms with Gasteiger partial charge in [0.15, 0.2) is 5.11 Å². The number of nitrogens with one attached hydrogen (secondary N) is 2. The lowest BCUT2D eigenvalue weighted by molar-refractivity contribution is -0.115. The maximum Gasteiger partial charge on any atom is 0.337 e. The number of hydrogen-bond donors (Lipinski definition) is 3. The molecule has 1 amide bonds. The summed E-state index contributed by atoms with van der Waals surface area (Å²) in [7, 11) is 0. The first-order chi connectivity index (χ1) is 11.0. The van der Waals surface area contributed by atoms with Crippen LogP contribution in [0.25, 0.3) is 6.08 Å². The molecule has 0 saturated carbocycles. The van der Waals surface area contributed by atoms with Crippen molar-refractivity contribution in [1.29, 1.82) is 0 Å². The van der Waals surface area contributed by atoms with Crippen LogP contribution in [0, 0.1) is 0 Å². The molecule has 0 aliphatic heterocycles. The number of furan rings is 1. The molecular weight excluding hydrogens is 340 g/mol. The van der Waals surface area contributed by atoms with Crippen molar-refractivity contribution in [2.45, 2.75) is 0 Å². The van der Waals surface area contributed by atoms with Crippen LogP contribution in [0.5, 0.6) is 0 Å². The summed E-state index contributed by atoms with van der Waals surface area (Å²) in [5.41, 5.74) is 0.169. The largest absolute Gasteiger partial charge is 0.478 e. The summed E-state index contributed by atoms with van der Waals surface area (Å²) in [6.07, 6.45) is 4.20. The van der Waals surface area contributed by atoms with E-state index in [1.165, 1.54) is 36.6 Å². The molecule has 3 N–H and O–H groups in total. The first-order valence-corrected chi connectivity index (χ1v) is 7.11. The topological polar surface area (TPSA) is 91.6 Å². The van der Waals surface area contributed by atoms with Crippen LogP contribution in [0.2, 0.25) is 5.02 Å². The minimum absolute atomic E-state index is 0.0380. The molecule has 1 aromatic heterocycles. The number of carbonyl (C=O) groups is 2. The third kappa shape index (κ3) is 4.94. The fraction of sp³-hybridized carbons (Fsp3) is 0. The maximum atomic E-state index is 11.7. The molecule has 118 valence electrons. The second kappa shape index (κ2) is 7.57. The molecular formula is C15H11ClN2O4S. The van der Waals surface area contributed by atoms with E-state index in [9.17, 15) is 9.59 Å². The van der Waals surface area contributed by atoms with Crippen molar-refractivity contribution in [2.24, 2.45) is 0 Å². The zero-order valence-corrected chi connectivity index (χ0v) is 13.1. The van der Waals surface area contributed by atoms with Crippen molar-refractivity contribution in [1.82, 2.24) is 5.32 Å². The average Bonchev–Trinajstić information content (AvgIpc) is 3.00. The van der Waals surface area contributed by atoms with Gasteiger partial charge < -0.3 is 14.8 Å². The van der Waals surface area contributed by atoms with Crippen molar-refractivity contribution in [3.05, 3.63) is 59.0 Å². The van der Waals surface area contributed by atoms with E-state index in [-0.39, 0.29) is 21.4 Å². The predicted octanol–water partition coefficient (Wildman–Crippen LogP) is 3.16. The third-order valence-corrected chi connectivity index (χ3v) is 3.08. The molecule has 0 aliphatic rings. The Labute approximate surface area is 141 Å². The Morgan fingerprint density at radius 1 is 1.30 bits per heavy atom. The molecule has 6 nitrogen and oxygen atoms in total. The number of anilines is 1. The predicted molar refractivity (Wildman–Crippen MR) is 90.5 cm³/mol. The summed E-state index contributed by atoms with van der Waals surface area (Å²) in [6.45, 7) is 0. The Balaban J connectivity index is 2.00. The SMILES string of the molecule is O=C(C=Cc1ccco1)NC(=S)Nc1ccc(Cl)cc1C(=O)O. The van der Waals surface area contributed by atoms with Gasteiger partial charge in [0.2, 0.25) is 5.91 Å². The highest BCUT2D eigenvalue weighted by molar-refractivity contribution is 7.80.